The van der Waals surface area contributed by atoms with Crippen LogP contribution in [0.4, 0.5) is 0 Å². The van der Waals surface area contributed by atoms with Crippen LogP contribution in [0.1, 0.15) is 37.4 Å². The fourth-order valence-electron chi connectivity index (χ4n) is 3.14. The van der Waals surface area contributed by atoms with E-state index in [-0.39, 0.29) is 12.2 Å². The van der Waals surface area contributed by atoms with Gasteiger partial charge in [-0.15, -0.1) is 0 Å². The van der Waals surface area contributed by atoms with Gasteiger partial charge >= 0.3 is 5.69 Å². The zero-order chi connectivity index (χ0) is 17.8. The first-order valence-corrected chi connectivity index (χ1v) is 7.61. The van der Waals surface area contributed by atoms with E-state index < -0.39 is 47.4 Å². The van der Waals surface area contributed by atoms with Crippen LogP contribution in [0, 0.1) is 0 Å². The number of carbonyl (C=O) groups is 1. The van der Waals surface area contributed by atoms with Crippen LogP contribution in [0.3, 0.4) is 0 Å². The van der Waals surface area contributed by atoms with Gasteiger partial charge in [0.2, 0.25) is 0 Å². The Labute approximate surface area is 137 Å². The second kappa shape index (κ2) is 5.62. The first kappa shape index (κ1) is 17.0. The van der Waals surface area contributed by atoms with E-state index in [9.17, 15) is 19.5 Å². The number of hydrogen-bond acceptors (Lipinski definition) is 7. The summed E-state index contributed by atoms with van der Waals surface area (Å²) in [7, 11) is 1.29. The molecule has 2 aliphatic rings. The molecule has 2 aliphatic heterocycles. The van der Waals surface area contributed by atoms with Crippen molar-refractivity contribution in [3.05, 3.63) is 32.6 Å². The molecule has 0 aromatic carbocycles. The number of ether oxygens (including phenoxy) is 3. The number of Topliss-reactive ketones (excluding diaryl/α,β-unsaturated/α-hetero) is 1. The quantitative estimate of drug-likeness (QED) is 0.715. The molecule has 1 aromatic heterocycles. The lowest BCUT2D eigenvalue weighted by Gasteiger charge is -2.24. The lowest BCUT2D eigenvalue weighted by atomic mass is 10.1. The fourth-order valence-corrected chi connectivity index (χ4v) is 3.14. The number of ketones is 1. The molecule has 0 bridgehead atoms. The molecular weight excluding hydrogens is 320 g/mol. The van der Waals surface area contributed by atoms with E-state index in [1.165, 1.54) is 20.2 Å². The van der Waals surface area contributed by atoms with Gasteiger partial charge in [-0.1, -0.05) is 0 Å². The maximum Gasteiger partial charge on any atom is 0.332 e. The number of rotatable bonds is 3. The van der Waals surface area contributed by atoms with Gasteiger partial charge in [-0.2, -0.15) is 0 Å². The van der Waals surface area contributed by atoms with Gasteiger partial charge in [-0.25, -0.2) is 4.79 Å². The molecule has 0 amide bonds. The van der Waals surface area contributed by atoms with E-state index in [4.69, 9.17) is 14.2 Å². The average Bonchev–Trinajstić information content (AvgIpc) is 2.98. The van der Waals surface area contributed by atoms with Gasteiger partial charge in [-0.05, 0) is 20.8 Å². The van der Waals surface area contributed by atoms with E-state index in [2.05, 4.69) is 0 Å². The van der Waals surface area contributed by atoms with Crippen LogP contribution < -0.4 is 11.2 Å². The highest BCUT2D eigenvalue weighted by molar-refractivity contribution is 5.93. The first-order chi connectivity index (χ1) is 11.2. The molecule has 9 nitrogen and oxygen atoms in total. The van der Waals surface area contributed by atoms with Crippen LogP contribution in [0.2, 0.25) is 0 Å². The largest absolute Gasteiger partial charge is 0.394 e. The zero-order valence-electron chi connectivity index (χ0n) is 13.9. The van der Waals surface area contributed by atoms with E-state index in [1.807, 2.05) is 0 Å². The number of nitrogens with zero attached hydrogens (tertiary/aromatic N) is 2. The molecule has 0 spiro atoms. The van der Waals surface area contributed by atoms with E-state index in [0.29, 0.717) is 0 Å². The minimum atomic E-state index is -0.911. The summed E-state index contributed by atoms with van der Waals surface area (Å²) in [5.41, 5.74) is -1.43. The molecule has 9 heteroatoms. The van der Waals surface area contributed by atoms with Crippen molar-refractivity contribution >= 4 is 5.78 Å². The maximum absolute atomic E-state index is 12.5. The first-order valence-electron chi connectivity index (χ1n) is 7.61. The highest BCUT2D eigenvalue weighted by Gasteiger charge is 2.56. The van der Waals surface area contributed by atoms with Crippen LogP contribution in [-0.2, 0) is 21.3 Å². The SMILES string of the molecule is CC(=O)c1cn([C@@H]2O[C@@H](CO)[C@H]3OC(C)(C)O[C@@H]32)c(=O)n(C)c1=O. The number of aliphatic hydroxyl groups is 1. The van der Waals surface area contributed by atoms with E-state index in [0.717, 1.165) is 9.13 Å². The van der Waals surface area contributed by atoms with Crippen LogP contribution in [0.15, 0.2) is 15.8 Å². The minimum absolute atomic E-state index is 0.122. The Morgan fingerprint density at radius 3 is 2.50 bits per heavy atom. The summed E-state index contributed by atoms with van der Waals surface area (Å²) in [6.07, 6.45) is -1.60. The van der Waals surface area contributed by atoms with Gasteiger partial charge in [0, 0.05) is 13.2 Å². The maximum atomic E-state index is 12.5. The normalized spacial score (nSPS) is 31.2. The van der Waals surface area contributed by atoms with E-state index in [1.54, 1.807) is 13.8 Å². The van der Waals surface area contributed by atoms with Crippen molar-refractivity contribution in [2.45, 2.75) is 51.1 Å². The monoisotopic (exact) mass is 340 g/mol. The van der Waals surface area contributed by atoms with Gasteiger partial charge in [-0.3, -0.25) is 18.7 Å². The number of fused-ring (bicyclic) bond motifs is 1. The third-order valence-corrected chi connectivity index (χ3v) is 4.27. The second-order valence-electron chi connectivity index (χ2n) is 6.47. The summed E-state index contributed by atoms with van der Waals surface area (Å²) in [5, 5.41) is 9.50. The van der Waals surface area contributed by atoms with Crippen LogP contribution >= 0.6 is 0 Å². The summed E-state index contributed by atoms with van der Waals surface area (Å²) in [6.45, 7) is 4.39. The summed E-state index contributed by atoms with van der Waals surface area (Å²) in [6, 6.07) is 0. The van der Waals surface area contributed by atoms with Crippen molar-refractivity contribution in [2.24, 2.45) is 7.05 Å². The lowest BCUT2D eigenvalue weighted by Crippen LogP contribution is -2.44. The summed E-state index contributed by atoms with van der Waals surface area (Å²) in [5.74, 6) is -1.35. The van der Waals surface area contributed by atoms with Crippen molar-refractivity contribution in [1.29, 1.82) is 0 Å². The van der Waals surface area contributed by atoms with Crippen molar-refractivity contribution in [3.63, 3.8) is 0 Å². The number of hydrogen-bond donors (Lipinski definition) is 1. The second-order valence-corrected chi connectivity index (χ2v) is 6.47. The fraction of sp³-hybridized carbons (Fsp3) is 0.667. The summed E-state index contributed by atoms with van der Waals surface area (Å²) in [4.78, 5) is 36.2. The summed E-state index contributed by atoms with van der Waals surface area (Å²) >= 11 is 0. The van der Waals surface area contributed by atoms with Gasteiger partial charge in [0.1, 0.15) is 18.3 Å². The number of aromatic nitrogens is 2. The topological polar surface area (TPSA) is 109 Å². The third kappa shape index (κ3) is 2.53. The smallest absolute Gasteiger partial charge is 0.332 e. The number of carbonyl (C=O) groups excluding carboxylic acids is 1. The highest BCUT2D eigenvalue weighted by Crippen LogP contribution is 2.42. The van der Waals surface area contributed by atoms with Crippen LogP contribution in [0.25, 0.3) is 0 Å². The molecule has 24 heavy (non-hydrogen) atoms. The Balaban J connectivity index is 2.11. The minimum Gasteiger partial charge on any atom is -0.394 e. The molecule has 0 aliphatic carbocycles. The Morgan fingerprint density at radius 2 is 1.92 bits per heavy atom. The molecule has 2 saturated heterocycles. The van der Waals surface area contributed by atoms with Gasteiger partial charge < -0.3 is 19.3 Å². The van der Waals surface area contributed by atoms with Gasteiger partial charge in [0.05, 0.1) is 12.2 Å². The predicted molar refractivity (Wildman–Crippen MR) is 80.8 cm³/mol. The Kier molecular flexibility index (Phi) is 3.99. The van der Waals surface area contributed by atoms with E-state index >= 15 is 0 Å². The molecule has 0 radical (unpaired) electrons. The standard InChI is InChI=1S/C15H20N2O7/c1-7(19)8-5-17(14(21)16(4)12(8)20)13-11-10(9(6-18)22-13)23-15(2,3)24-11/h5,9-11,13,18H,6H2,1-4H3/t9-,10+,11-,13+/m0/s1. The predicted octanol–water partition coefficient (Wildman–Crippen LogP) is -0.841. The van der Waals surface area contributed by atoms with Crippen molar-refractivity contribution in [2.75, 3.05) is 6.61 Å². The number of aliphatic hydroxyl groups excluding tert-OH is 1. The molecule has 4 atom stereocenters. The van der Waals surface area contributed by atoms with Crippen LogP contribution in [0.5, 0.6) is 0 Å². The lowest BCUT2D eigenvalue weighted by molar-refractivity contribution is -0.200. The molecule has 1 aromatic rings. The van der Waals surface area contributed by atoms with Crippen LogP contribution in [-0.4, -0.2) is 50.7 Å². The van der Waals surface area contributed by atoms with Crippen molar-refractivity contribution in [1.82, 2.24) is 9.13 Å². The molecule has 0 unspecified atom stereocenters. The Morgan fingerprint density at radius 1 is 1.29 bits per heavy atom. The highest BCUT2D eigenvalue weighted by atomic mass is 16.8. The molecule has 1 N–H and O–H groups in total. The molecule has 132 valence electrons. The Hall–Kier alpha value is -1.81. The van der Waals surface area contributed by atoms with Gasteiger partial charge in [0.15, 0.2) is 17.8 Å². The average molecular weight is 340 g/mol. The molecule has 2 fully saturated rings. The third-order valence-electron chi connectivity index (χ3n) is 4.27. The van der Waals surface area contributed by atoms with Gasteiger partial charge in [0.25, 0.3) is 5.56 Å². The summed E-state index contributed by atoms with van der Waals surface area (Å²) < 4.78 is 19.3. The van der Waals surface area contributed by atoms with Crippen molar-refractivity contribution < 1.29 is 24.1 Å². The Bertz CT molecular complexity index is 794. The zero-order valence-corrected chi connectivity index (χ0v) is 13.9. The molecule has 3 rings (SSSR count). The molecular formula is C15H20N2O7. The molecule has 3 heterocycles. The molecule has 0 saturated carbocycles. The van der Waals surface area contributed by atoms with Crippen molar-refractivity contribution in [3.8, 4) is 0 Å².